The Morgan fingerprint density at radius 2 is 2.08 bits per heavy atom. The molecule has 1 aromatic carbocycles. The second-order valence-electron chi connectivity index (χ2n) is 6.16. The third-order valence-corrected chi connectivity index (χ3v) is 4.52. The number of likely N-dealkylation sites (tertiary alicyclic amines) is 1. The summed E-state index contributed by atoms with van der Waals surface area (Å²) in [5.41, 5.74) is 2.12. The zero-order chi connectivity index (χ0) is 17.1. The Bertz CT molecular complexity index is 817. The average molecular weight is 336 g/mol. The molecule has 128 valence electrons. The molecule has 1 fully saturated rings. The van der Waals surface area contributed by atoms with Crippen LogP contribution in [0.1, 0.15) is 30.3 Å². The summed E-state index contributed by atoms with van der Waals surface area (Å²) in [6.07, 6.45) is 3.87. The van der Waals surface area contributed by atoms with E-state index in [1.54, 1.807) is 19.4 Å². The molecule has 1 aliphatic heterocycles. The van der Waals surface area contributed by atoms with Crippen LogP contribution in [0.25, 0.3) is 11.4 Å². The van der Waals surface area contributed by atoms with E-state index < -0.39 is 0 Å². The molecule has 2 aromatic heterocycles. The zero-order valence-electron chi connectivity index (χ0n) is 14.1. The number of hydrogen-bond acceptors (Lipinski definition) is 6. The van der Waals surface area contributed by atoms with Crippen LogP contribution in [-0.4, -0.2) is 33.7 Å². The van der Waals surface area contributed by atoms with Crippen LogP contribution >= 0.6 is 0 Å². The first kappa shape index (κ1) is 15.8. The molecule has 4 rings (SSSR count). The van der Waals surface area contributed by atoms with Gasteiger partial charge < -0.3 is 9.26 Å². The number of benzene rings is 1. The maximum absolute atomic E-state index is 5.57. The third-order valence-electron chi connectivity index (χ3n) is 4.52. The standard InChI is InChI=1S/C19H20N4O2/c1-24-17-10-9-15(12-20-17)18-21-19(25-22-18)16-8-5-11-23(16)13-14-6-3-2-4-7-14/h2-4,6-7,9-10,12,16H,5,8,11,13H2,1H3/t16-/m0/s1. The molecular formula is C19H20N4O2. The topological polar surface area (TPSA) is 64.3 Å². The highest BCUT2D eigenvalue weighted by Crippen LogP contribution is 2.33. The van der Waals surface area contributed by atoms with Crippen LogP contribution in [0.2, 0.25) is 0 Å². The monoisotopic (exact) mass is 336 g/mol. The van der Waals surface area contributed by atoms with Crippen molar-refractivity contribution in [3.63, 3.8) is 0 Å². The predicted octanol–water partition coefficient (Wildman–Crippen LogP) is 3.48. The Labute approximate surface area is 146 Å². The van der Waals surface area contributed by atoms with E-state index in [0.29, 0.717) is 17.6 Å². The maximum Gasteiger partial charge on any atom is 0.244 e. The highest BCUT2D eigenvalue weighted by Gasteiger charge is 2.30. The lowest BCUT2D eigenvalue weighted by molar-refractivity contribution is 0.201. The second-order valence-corrected chi connectivity index (χ2v) is 6.16. The molecule has 0 unspecified atom stereocenters. The van der Waals surface area contributed by atoms with Crippen molar-refractivity contribution in [3.05, 3.63) is 60.1 Å². The Kier molecular flexibility index (Phi) is 4.43. The number of methoxy groups -OCH3 is 1. The number of pyridine rings is 1. The van der Waals surface area contributed by atoms with E-state index in [-0.39, 0.29) is 6.04 Å². The smallest absolute Gasteiger partial charge is 0.244 e. The molecule has 0 N–H and O–H groups in total. The first-order valence-electron chi connectivity index (χ1n) is 8.45. The zero-order valence-corrected chi connectivity index (χ0v) is 14.1. The highest BCUT2D eigenvalue weighted by molar-refractivity contribution is 5.53. The molecule has 1 atom stereocenters. The fraction of sp³-hybridized carbons (Fsp3) is 0.316. The maximum atomic E-state index is 5.57. The van der Waals surface area contributed by atoms with Gasteiger partial charge in [-0.2, -0.15) is 4.98 Å². The Morgan fingerprint density at radius 1 is 1.20 bits per heavy atom. The van der Waals surface area contributed by atoms with Gasteiger partial charge in [-0.3, -0.25) is 4.90 Å². The fourth-order valence-corrected chi connectivity index (χ4v) is 3.23. The van der Waals surface area contributed by atoms with Gasteiger partial charge in [-0.1, -0.05) is 35.5 Å². The highest BCUT2D eigenvalue weighted by atomic mass is 16.5. The van der Waals surface area contributed by atoms with E-state index in [1.165, 1.54) is 5.56 Å². The minimum absolute atomic E-state index is 0.174. The summed E-state index contributed by atoms with van der Waals surface area (Å²) in [5.74, 6) is 1.81. The molecule has 6 heteroatoms. The molecular weight excluding hydrogens is 316 g/mol. The van der Waals surface area contributed by atoms with Crippen molar-refractivity contribution in [3.8, 4) is 17.3 Å². The number of rotatable bonds is 5. The lowest BCUT2D eigenvalue weighted by Crippen LogP contribution is -2.22. The van der Waals surface area contributed by atoms with Crippen LogP contribution in [-0.2, 0) is 6.54 Å². The summed E-state index contributed by atoms with van der Waals surface area (Å²) >= 11 is 0. The number of aromatic nitrogens is 3. The van der Waals surface area contributed by atoms with Crippen molar-refractivity contribution in [1.82, 2.24) is 20.0 Å². The Balaban J connectivity index is 1.52. The van der Waals surface area contributed by atoms with Gasteiger partial charge in [0.05, 0.1) is 13.2 Å². The molecule has 3 aromatic rings. The molecule has 0 aliphatic carbocycles. The number of hydrogen-bond donors (Lipinski definition) is 0. The van der Waals surface area contributed by atoms with E-state index in [4.69, 9.17) is 9.26 Å². The quantitative estimate of drug-likeness (QED) is 0.711. The van der Waals surface area contributed by atoms with Crippen LogP contribution < -0.4 is 4.74 Å². The van der Waals surface area contributed by atoms with E-state index >= 15 is 0 Å². The van der Waals surface area contributed by atoms with Gasteiger partial charge in [0.25, 0.3) is 0 Å². The lowest BCUT2D eigenvalue weighted by atomic mass is 10.2. The summed E-state index contributed by atoms with van der Waals surface area (Å²) in [7, 11) is 1.59. The van der Waals surface area contributed by atoms with E-state index in [0.717, 1.165) is 31.5 Å². The average Bonchev–Trinajstić information content (AvgIpc) is 3.32. The first-order chi connectivity index (χ1) is 12.3. The summed E-state index contributed by atoms with van der Waals surface area (Å²) in [6.45, 7) is 1.94. The predicted molar refractivity (Wildman–Crippen MR) is 92.9 cm³/mol. The van der Waals surface area contributed by atoms with Crippen molar-refractivity contribution < 1.29 is 9.26 Å². The van der Waals surface area contributed by atoms with E-state index in [9.17, 15) is 0 Å². The first-order valence-corrected chi connectivity index (χ1v) is 8.45. The lowest BCUT2D eigenvalue weighted by Gasteiger charge is -2.21. The molecule has 0 bridgehead atoms. The van der Waals surface area contributed by atoms with E-state index in [2.05, 4.69) is 44.3 Å². The molecule has 1 aliphatic rings. The van der Waals surface area contributed by atoms with Gasteiger partial charge in [-0.25, -0.2) is 4.98 Å². The molecule has 0 radical (unpaired) electrons. The van der Waals surface area contributed by atoms with Crippen LogP contribution in [0.3, 0.4) is 0 Å². The van der Waals surface area contributed by atoms with Crippen LogP contribution in [0, 0.1) is 0 Å². The van der Waals surface area contributed by atoms with Gasteiger partial charge >= 0.3 is 0 Å². The molecule has 25 heavy (non-hydrogen) atoms. The van der Waals surface area contributed by atoms with Crippen LogP contribution in [0.15, 0.2) is 53.2 Å². The summed E-state index contributed by atoms with van der Waals surface area (Å²) < 4.78 is 10.6. The van der Waals surface area contributed by atoms with Gasteiger partial charge in [0, 0.05) is 24.4 Å². The molecule has 6 nitrogen and oxygen atoms in total. The summed E-state index contributed by atoms with van der Waals surface area (Å²) in [4.78, 5) is 11.2. The van der Waals surface area contributed by atoms with Gasteiger partial charge in [0.15, 0.2) is 0 Å². The van der Waals surface area contributed by atoms with Gasteiger partial charge in [0.2, 0.25) is 17.6 Å². The fourth-order valence-electron chi connectivity index (χ4n) is 3.23. The van der Waals surface area contributed by atoms with Gasteiger partial charge in [-0.05, 0) is 31.0 Å². The van der Waals surface area contributed by atoms with Crippen LogP contribution in [0.4, 0.5) is 0 Å². The number of ether oxygens (including phenoxy) is 1. The molecule has 0 saturated carbocycles. The Morgan fingerprint density at radius 3 is 2.84 bits per heavy atom. The minimum atomic E-state index is 0.174. The van der Waals surface area contributed by atoms with Crippen molar-refractivity contribution >= 4 is 0 Å². The largest absolute Gasteiger partial charge is 0.481 e. The molecule has 3 heterocycles. The van der Waals surface area contributed by atoms with Crippen molar-refractivity contribution in [1.29, 1.82) is 0 Å². The molecule has 1 saturated heterocycles. The summed E-state index contributed by atoms with van der Waals surface area (Å²) in [6, 6.07) is 14.3. The second kappa shape index (κ2) is 7.03. The summed E-state index contributed by atoms with van der Waals surface area (Å²) in [5, 5.41) is 4.13. The number of nitrogens with zero attached hydrogens (tertiary/aromatic N) is 4. The van der Waals surface area contributed by atoms with Crippen molar-refractivity contribution in [2.45, 2.75) is 25.4 Å². The molecule has 0 amide bonds. The molecule has 0 spiro atoms. The Hall–Kier alpha value is -2.73. The van der Waals surface area contributed by atoms with Crippen LogP contribution in [0.5, 0.6) is 5.88 Å². The minimum Gasteiger partial charge on any atom is -0.481 e. The van der Waals surface area contributed by atoms with Gasteiger partial charge in [0.1, 0.15) is 0 Å². The van der Waals surface area contributed by atoms with E-state index in [1.807, 2.05) is 12.1 Å². The van der Waals surface area contributed by atoms with Crippen molar-refractivity contribution in [2.75, 3.05) is 13.7 Å². The third kappa shape index (κ3) is 3.39. The SMILES string of the molecule is COc1ccc(-c2noc([C@@H]3CCCN3Cc3ccccc3)n2)cn1. The van der Waals surface area contributed by atoms with Crippen molar-refractivity contribution in [2.24, 2.45) is 0 Å². The van der Waals surface area contributed by atoms with Gasteiger partial charge in [-0.15, -0.1) is 0 Å². The normalized spacial score (nSPS) is 17.7.